The van der Waals surface area contributed by atoms with E-state index in [1.807, 2.05) is 11.5 Å². The monoisotopic (exact) mass is 195 g/mol. The summed E-state index contributed by atoms with van der Waals surface area (Å²) in [6.45, 7) is 2.05. The zero-order chi connectivity index (χ0) is 9.26. The minimum Gasteiger partial charge on any atom is -0.372 e. The van der Waals surface area contributed by atoms with Crippen molar-refractivity contribution in [3.63, 3.8) is 0 Å². The highest BCUT2D eigenvalue weighted by Crippen LogP contribution is 2.27. The lowest BCUT2D eigenvalue weighted by Crippen LogP contribution is -2.15. The van der Waals surface area contributed by atoms with E-state index in [1.165, 1.54) is 6.07 Å². The number of benzene rings is 1. The van der Waals surface area contributed by atoms with Crippen LogP contribution in [-0.4, -0.2) is 5.37 Å². The maximum absolute atomic E-state index is 13.3. The molecule has 0 unspecified atom stereocenters. The average molecular weight is 195 g/mol. The van der Waals surface area contributed by atoms with Gasteiger partial charge in [0.25, 0.3) is 0 Å². The molecule has 0 spiro atoms. The summed E-state index contributed by atoms with van der Waals surface area (Å²) in [6, 6.07) is 6.80. The first kappa shape index (κ1) is 8.63. The molecular weight excluding hydrogens is 185 g/mol. The van der Waals surface area contributed by atoms with E-state index in [-0.39, 0.29) is 5.82 Å². The minimum atomic E-state index is -0.170. The number of thioether (sulfide) groups is 1. The van der Waals surface area contributed by atoms with Crippen LogP contribution in [0.2, 0.25) is 0 Å². The molecule has 1 nitrogen and oxygen atoms in total. The predicted molar refractivity (Wildman–Crippen MR) is 54.6 cm³/mol. The Labute approximate surface area is 81.0 Å². The van der Waals surface area contributed by atoms with Crippen molar-refractivity contribution >= 4 is 17.5 Å². The van der Waals surface area contributed by atoms with E-state index in [9.17, 15) is 4.39 Å². The second-order valence-corrected chi connectivity index (χ2v) is 4.15. The summed E-state index contributed by atoms with van der Waals surface area (Å²) in [7, 11) is 0. The van der Waals surface area contributed by atoms with Gasteiger partial charge in [0.1, 0.15) is 5.82 Å². The normalized spacial score (nSPS) is 21.1. The third-order valence-corrected chi connectivity index (χ3v) is 2.81. The Morgan fingerprint density at radius 3 is 2.77 bits per heavy atom. The summed E-state index contributed by atoms with van der Waals surface area (Å²) in [6.07, 6.45) is 0. The van der Waals surface area contributed by atoms with Crippen LogP contribution in [-0.2, 0) is 0 Å². The zero-order valence-corrected chi connectivity index (χ0v) is 8.07. The largest absolute Gasteiger partial charge is 0.372 e. The number of nitrogens with one attached hydrogen (secondary N) is 1. The molecule has 0 bridgehead atoms. The van der Waals surface area contributed by atoms with Crippen molar-refractivity contribution < 1.29 is 4.39 Å². The number of hydrogen-bond donors (Lipinski definition) is 1. The van der Waals surface area contributed by atoms with Crippen LogP contribution >= 0.6 is 11.8 Å². The topological polar surface area (TPSA) is 12.0 Å². The third-order valence-electron chi connectivity index (χ3n) is 1.91. The highest BCUT2D eigenvalue weighted by molar-refractivity contribution is 8.03. The van der Waals surface area contributed by atoms with Gasteiger partial charge >= 0.3 is 0 Å². The van der Waals surface area contributed by atoms with Crippen molar-refractivity contribution in [3.8, 4) is 0 Å². The SMILES string of the molecule is C[C@H]1NC(c2ccccc2F)=CS1. The first-order valence-corrected chi connectivity index (χ1v) is 5.09. The van der Waals surface area contributed by atoms with E-state index < -0.39 is 0 Å². The molecule has 0 fully saturated rings. The number of halogens is 1. The molecule has 0 amide bonds. The molecule has 0 radical (unpaired) electrons. The molecule has 1 aliphatic rings. The second-order valence-electron chi connectivity index (χ2n) is 2.93. The van der Waals surface area contributed by atoms with Gasteiger partial charge in [-0.1, -0.05) is 12.1 Å². The smallest absolute Gasteiger partial charge is 0.132 e. The van der Waals surface area contributed by atoms with Gasteiger partial charge in [0, 0.05) is 5.56 Å². The van der Waals surface area contributed by atoms with Crippen molar-refractivity contribution in [1.82, 2.24) is 5.32 Å². The van der Waals surface area contributed by atoms with Crippen molar-refractivity contribution in [2.24, 2.45) is 0 Å². The molecule has 68 valence electrons. The van der Waals surface area contributed by atoms with Gasteiger partial charge in [-0.2, -0.15) is 0 Å². The van der Waals surface area contributed by atoms with Crippen LogP contribution in [0.1, 0.15) is 12.5 Å². The summed E-state index contributed by atoms with van der Waals surface area (Å²) >= 11 is 1.67. The summed E-state index contributed by atoms with van der Waals surface area (Å²) in [4.78, 5) is 0. The molecule has 1 aromatic carbocycles. The van der Waals surface area contributed by atoms with E-state index in [4.69, 9.17) is 0 Å². The van der Waals surface area contributed by atoms with Gasteiger partial charge in [-0.3, -0.25) is 0 Å². The van der Waals surface area contributed by atoms with Gasteiger partial charge in [0.2, 0.25) is 0 Å². The summed E-state index contributed by atoms with van der Waals surface area (Å²) in [5.41, 5.74) is 1.54. The van der Waals surface area contributed by atoms with Crippen molar-refractivity contribution in [2.45, 2.75) is 12.3 Å². The van der Waals surface area contributed by atoms with Gasteiger partial charge in [0.05, 0.1) is 11.1 Å². The molecule has 3 heteroatoms. The molecule has 0 saturated carbocycles. The fraction of sp³-hybridized carbons (Fsp3) is 0.200. The zero-order valence-electron chi connectivity index (χ0n) is 7.25. The Balaban J connectivity index is 2.31. The molecule has 1 aliphatic heterocycles. The van der Waals surface area contributed by atoms with Gasteiger partial charge in [-0.25, -0.2) is 4.39 Å². The molecule has 13 heavy (non-hydrogen) atoms. The standard InChI is InChI=1S/C10H10FNS/c1-7-12-10(6-13-7)8-4-2-3-5-9(8)11/h2-7,12H,1H3/t7-/m0/s1. The third kappa shape index (κ3) is 1.70. The first-order chi connectivity index (χ1) is 6.27. The average Bonchev–Trinajstić information content (AvgIpc) is 2.53. The fourth-order valence-corrected chi connectivity index (χ4v) is 2.01. The highest BCUT2D eigenvalue weighted by atomic mass is 32.2. The maximum atomic E-state index is 13.3. The number of rotatable bonds is 1. The fourth-order valence-electron chi connectivity index (χ4n) is 1.28. The Kier molecular flexibility index (Phi) is 2.27. The quantitative estimate of drug-likeness (QED) is 0.739. The van der Waals surface area contributed by atoms with E-state index in [2.05, 4.69) is 12.2 Å². The molecule has 0 aromatic heterocycles. The molecule has 1 atom stereocenters. The van der Waals surface area contributed by atoms with Crippen LogP contribution in [0.5, 0.6) is 0 Å². The lowest BCUT2D eigenvalue weighted by atomic mass is 10.1. The Morgan fingerprint density at radius 1 is 1.38 bits per heavy atom. The molecule has 1 aromatic rings. The summed E-state index contributed by atoms with van der Waals surface area (Å²) in [5.74, 6) is -0.170. The maximum Gasteiger partial charge on any atom is 0.132 e. The van der Waals surface area contributed by atoms with Gasteiger partial charge in [0.15, 0.2) is 0 Å². The van der Waals surface area contributed by atoms with E-state index in [0.29, 0.717) is 10.9 Å². The van der Waals surface area contributed by atoms with Crippen molar-refractivity contribution in [2.75, 3.05) is 0 Å². The van der Waals surface area contributed by atoms with Crippen LogP contribution in [0.15, 0.2) is 29.7 Å². The molecule has 2 rings (SSSR count). The summed E-state index contributed by atoms with van der Waals surface area (Å²) in [5, 5.41) is 5.50. The second kappa shape index (κ2) is 3.42. The molecule has 0 saturated heterocycles. The van der Waals surface area contributed by atoms with E-state index in [0.717, 1.165) is 5.70 Å². The van der Waals surface area contributed by atoms with Crippen LogP contribution in [0.4, 0.5) is 4.39 Å². The molecule has 1 heterocycles. The van der Waals surface area contributed by atoms with Crippen LogP contribution in [0.3, 0.4) is 0 Å². The Morgan fingerprint density at radius 2 is 2.15 bits per heavy atom. The van der Waals surface area contributed by atoms with Crippen molar-refractivity contribution in [3.05, 3.63) is 41.1 Å². The Hall–Kier alpha value is -0.960. The lowest BCUT2D eigenvalue weighted by molar-refractivity contribution is 0.622. The van der Waals surface area contributed by atoms with Gasteiger partial charge in [-0.15, -0.1) is 11.8 Å². The number of hydrogen-bond acceptors (Lipinski definition) is 2. The molecule has 1 N–H and O–H groups in total. The molecule has 0 aliphatic carbocycles. The first-order valence-electron chi connectivity index (χ1n) is 4.14. The van der Waals surface area contributed by atoms with E-state index in [1.54, 1.807) is 23.9 Å². The summed E-state index contributed by atoms with van der Waals surface area (Å²) < 4.78 is 13.3. The van der Waals surface area contributed by atoms with Crippen LogP contribution in [0, 0.1) is 5.82 Å². The predicted octanol–water partition coefficient (Wildman–Crippen LogP) is 2.81. The van der Waals surface area contributed by atoms with E-state index >= 15 is 0 Å². The highest BCUT2D eigenvalue weighted by Gasteiger charge is 2.15. The van der Waals surface area contributed by atoms with Gasteiger partial charge < -0.3 is 5.32 Å². The van der Waals surface area contributed by atoms with Crippen molar-refractivity contribution in [1.29, 1.82) is 0 Å². The molecular formula is C10H10FNS. The van der Waals surface area contributed by atoms with Gasteiger partial charge in [-0.05, 0) is 24.5 Å². The van der Waals surface area contributed by atoms with Crippen LogP contribution < -0.4 is 5.32 Å². The lowest BCUT2D eigenvalue weighted by Gasteiger charge is -2.07. The minimum absolute atomic E-state index is 0.170. The Bertz CT molecular complexity index is 349. The van der Waals surface area contributed by atoms with Crippen LogP contribution in [0.25, 0.3) is 5.70 Å².